The Balaban J connectivity index is 2.07. The molecule has 6 heteroatoms. The summed E-state index contributed by atoms with van der Waals surface area (Å²) < 4.78 is 4.89. The maximum absolute atomic E-state index is 11.6. The minimum absolute atomic E-state index is 0.326. The highest BCUT2D eigenvalue weighted by Crippen LogP contribution is 2.22. The summed E-state index contributed by atoms with van der Waals surface area (Å²) in [6.45, 7) is 5.45. The van der Waals surface area contributed by atoms with Crippen LogP contribution in [0.5, 0.6) is 0 Å². The number of amides is 1. The number of nitrogens with zero attached hydrogens (tertiary/aromatic N) is 1. The van der Waals surface area contributed by atoms with E-state index in [1.807, 2.05) is 31.2 Å². The van der Waals surface area contributed by atoms with Gasteiger partial charge in [-0.25, -0.2) is 9.78 Å². The summed E-state index contributed by atoms with van der Waals surface area (Å²) in [7, 11) is 0. The summed E-state index contributed by atoms with van der Waals surface area (Å²) >= 11 is 0. The molecule has 0 bridgehead atoms. The average molecular weight is 314 g/mol. The Kier molecular flexibility index (Phi) is 6.23. The molecule has 1 amide bonds. The van der Waals surface area contributed by atoms with Crippen molar-refractivity contribution in [1.29, 1.82) is 0 Å². The second-order valence-corrected chi connectivity index (χ2v) is 4.81. The van der Waals surface area contributed by atoms with Crippen molar-refractivity contribution in [3.8, 4) is 0 Å². The zero-order valence-corrected chi connectivity index (χ0v) is 13.4. The number of ether oxygens (including phenoxy) is 1. The van der Waals surface area contributed by atoms with Crippen LogP contribution >= 0.6 is 0 Å². The van der Waals surface area contributed by atoms with Crippen LogP contribution in [0.25, 0.3) is 0 Å². The van der Waals surface area contributed by atoms with Crippen LogP contribution in [0.15, 0.2) is 42.5 Å². The van der Waals surface area contributed by atoms with Crippen molar-refractivity contribution in [1.82, 2.24) is 4.98 Å². The highest BCUT2D eigenvalue weighted by atomic mass is 16.5. The Morgan fingerprint density at radius 3 is 2.57 bits per heavy atom. The minimum Gasteiger partial charge on any atom is -0.450 e. The van der Waals surface area contributed by atoms with Crippen molar-refractivity contribution in [2.24, 2.45) is 0 Å². The lowest BCUT2D eigenvalue weighted by Crippen LogP contribution is -2.16. The predicted molar refractivity (Wildman–Crippen MR) is 92.8 cm³/mol. The van der Waals surface area contributed by atoms with Gasteiger partial charge in [-0.2, -0.15) is 0 Å². The maximum atomic E-state index is 11.6. The number of pyridine rings is 1. The standard InChI is InChI=1S/C17H22N4O2/c1-3-18-16-14(20-17(22)23-4-2)10-11-15(21-16)19-12-13-8-6-5-7-9-13/h5-11H,3-4,12H2,1-2H3,(H,20,22)(H2,18,19,21). The van der Waals surface area contributed by atoms with Crippen LogP contribution in [-0.4, -0.2) is 24.2 Å². The lowest BCUT2D eigenvalue weighted by atomic mass is 10.2. The molecule has 1 aromatic heterocycles. The average Bonchev–Trinajstić information content (AvgIpc) is 2.56. The first kappa shape index (κ1) is 16.6. The molecule has 0 unspecified atom stereocenters. The van der Waals surface area contributed by atoms with Crippen molar-refractivity contribution in [3.05, 3.63) is 48.0 Å². The topological polar surface area (TPSA) is 75.3 Å². The first-order chi connectivity index (χ1) is 11.2. The fraction of sp³-hybridized carbons (Fsp3) is 0.294. The maximum Gasteiger partial charge on any atom is 0.411 e. The van der Waals surface area contributed by atoms with E-state index in [4.69, 9.17) is 4.74 Å². The molecule has 0 atom stereocenters. The highest BCUT2D eigenvalue weighted by molar-refractivity contribution is 5.88. The van der Waals surface area contributed by atoms with Gasteiger partial charge in [0.15, 0.2) is 5.82 Å². The molecule has 0 spiro atoms. The van der Waals surface area contributed by atoms with Crippen LogP contribution in [0.2, 0.25) is 0 Å². The molecule has 0 fully saturated rings. The van der Waals surface area contributed by atoms with E-state index in [2.05, 4.69) is 33.1 Å². The molecule has 0 saturated carbocycles. The van der Waals surface area contributed by atoms with Crippen LogP contribution in [-0.2, 0) is 11.3 Å². The second kappa shape index (κ2) is 8.63. The number of hydrogen-bond acceptors (Lipinski definition) is 5. The molecule has 0 radical (unpaired) electrons. The van der Waals surface area contributed by atoms with Crippen molar-refractivity contribution < 1.29 is 9.53 Å². The van der Waals surface area contributed by atoms with Gasteiger partial charge in [0.1, 0.15) is 5.82 Å². The Morgan fingerprint density at radius 2 is 1.87 bits per heavy atom. The number of rotatable bonds is 7. The monoisotopic (exact) mass is 314 g/mol. The lowest BCUT2D eigenvalue weighted by molar-refractivity contribution is 0.168. The molecule has 6 nitrogen and oxygen atoms in total. The summed E-state index contributed by atoms with van der Waals surface area (Å²) in [5.41, 5.74) is 1.77. The number of hydrogen-bond donors (Lipinski definition) is 3. The van der Waals surface area contributed by atoms with Crippen molar-refractivity contribution in [2.75, 3.05) is 29.1 Å². The van der Waals surface area contributed by atoms with E-state index in [-0.39, 0.29) is 0 Å². The van der Waals surface area contributed by atoms with E-state index >= 15 is 0 Å². The molecule has 122 valence electrons. The van der Waals surface area contributed by atoms with Gasteiger partial charge in [-0.1, -0.05) is 30.3 Å². The molecule has 1 heterocycles. The van der Waals surface area contributed by atoms with Crippen LogP contribution < -0.4 is 16.0 Å². The van der Waals surface area contributed by atoms with E-state index in [1.165, 1.54) is 5.56 Å². The molecule has 1 aromatic carbocycles. The van der Waals surface area contributed by atoms with Crippen LogP contribution in [0.3, 0.4) is 0 Å². The third kappa shape index (κ3) is 5.18. The molecule has 0 aliphatic carbocycles. The zero-order valence-electron chi connectivity index (χ0n) is 13.4. The predicted octanol–water partition coefficient (Wildman–Crippen LogP) is 3.69. The third-order valence-electron chi connectivity index (χ3n) is 3.07. The smallest absolute Gasteiger partial charge is 0.411 e. The van der Waals surface area contributed by atoms with E-state index in [1.54, 1.807) is 13.0 Å². The Morgan fingerprint density at radius 1 is 1.09 bits per heavy atom. The number of benzene rings is 1. The van der Waals surface area contributed by atoms with Gasteiger partial charge in [0, 0.05) is 13.1 Å². The van der Waals surface area contributed by atoms with Gasteiger partial charge in [-0.05, 0) is 31.5 Å². The van der Waals surface area contributed by atoms with Crippen molar-refractivity contribution >= 4 is 23.4 Å². The molecule has 0 saturated heterocycles. The van der Waals surface area contributed by atoms with E-state index in [0.29, 0.717) is 31.2 Å². The number of aromatic nitrogens is 1. The van der Waals surface area contributed by atoms with Gasteiger partial charge >= 0.3 is 6.09 Å². The van der Waals surface area contributed by atoms with Crippen molar-refractivity contribution in [2.45, 2.75) is 20.4 Å². The van der Waals surface area contributed by atoms with Gasteiger partial charge < -0.3 is 15.4 Å². The zero-order chi connectivity index (χ0) is 16.5. The molecule has 23 heavy (non-hydrogen) atoms. The van der Waals surface area contributed by atoms with Crippen LogP contribution in [0.4, 0.5) is 22.1 Å². The third-order valence-corrected chi connectivity index (χ3v) is 3.07. The molecule has 0 aliphatic rings. The first-order valence-corrected chi connectivity index (χ1v) is 7.69. The summed E-state index contributed by atoms with van der Waals surface area (Å²) in [5.74, 6) is 1.35. The fourth-order valence-corrected chi connectivity index (χ4v) is 2.03. The summed E-state index contributed by atoms with van der Waals surface area (Å²) in [5, 5.41) is 9.09. The molecule has 0 aliphatic heterocycles. The van der Waals surface area contributed by atoms with Crippen LogP contribution in [0, 0.1) is 0 Å². The summed E-state index contributed by atoms with van der Waals surface area (Å²) in [6.07, 6.45) is -0.488. The summed E-state index contributed by atoms with van der Waals surface area (Å²) in [4.78, 5) is 16.1. The van der Waals surface area contributed by atoms with Crippen LogP contribution in [0.1, 0.15) is 19.4 Å². The second-order valence-electron chi connectivity index (χ2n) is 4.81. The molecule has 2 aromatic rings. The number of carbonyl (C=O) groups is 1. The number of carbonyl (C=O) groups excluding carboxylic acids is 1. The van der Waals surface area contributed by atoms with E-state index in [0.717, 1.165) is 5.82 Å². The molecule has 3 N–H and O–H groups in total. The molecular formula is C17H22N4O2. The van der Waals surface area contributed by atoms with E-state index in [9.17, 15) is 4.79 Å². The van der Waals surface area contributed by atoms with Gasteiger partial charge in [-0.3, -0.25) is 5.32 Å². The van der Waals surface area contributed by atoms with Gasteiger partial charge in [0.25, 0.3) is 0 Å². The number of anilines is 3. The first-order valence-electron chi connectivity index (χ1n) is 7.69. The SMILES string of the molecule is CCNc1nc(NCc2ccccc2)ccc1NC(=O)OCC. The Bertz CT molecular complexity index is 632. The Hall–Kier alpha value is -2.76. The fourth-order valence-electron chi connectivity index (χ4n) is 2.03. The normalized spacial score (nSPS) is 10.0. The quantitative estimate of drug-likeness (QED) is 0.726. The van der Waals surface area contributed by atoms with Gasteiger partial charge in [0.2, 0.25) is 0 Å². The summed E-state index contributed by atoms with van der Waals surface area (Å²) in [6, 6.07) is 13.7. The van der Waals surface area contributed by atoms with Gasteiger partial charge in [-0.15, -0.1) is 0 Å². The minimum atomic E-state index is -0.488. The molecule has 2 rings (SSSR count). The largest absolute Gasteiger partial charge is 0.450 e. The van der Waals surface area contributed by atoms with Crippen molar-refractivity contribution in [3.63, 3.8) is 0 Å². The highest BCUT2D eigenvalue weighted by Gasteiger charge is 2.09. The molecular weight excluding hydrogens is 292 g/mol. The lowest BCUT2D eigenvalue weighted by Gasteiger charge is -2.13. The van der Waals surface area contributed by atoms with E-state index < -0.39 is 6.09 Å². The van der Waals surface area contributed by atoms with Gasteiger partial charge in [0.05, 0.1) is 12.3 Å². The Labute approximate surface area is 136 Å². The number of nitrogens with one attached hydrogen (secondary N) is 3.